The molecule has 0 unspecified atom stereocenters. The Hall–Kier alpha value is -2.11. The molecule has 2 heterocycles. The monoisotopic (exact) mass is 344 g/mol. The molecule has 1 aliphatic heterocycles. The summed E-state index contributed by atoms with van der Waals surface area (Å²) >= 11 is 0. The fraction of sp³-hybridized carbons (Fsp3) is 0.632. The van der Waals surface area contributed by atoms with Crippen molar-refractivity contribution < 1.29 is 9.59 Å². The second-order valence-corrected chi connectivity index (χ2v) is 7.20. The molecule has 3 amide bonds. The van der Waals surface area contributed by atoms with Gasteiger partial charge in [0.2, 0.25) is 5.91 Å². The van der Waals surface area contributed by atoms with Gasteiger partial charge in [-0.3, -0.25) is 9.78 Å². The van der Waals surface area contributed by atoms with Crippen LogP contribution in [0.3, 0.4) is 0 Å². The zero-order chi connectivity index (χ0) is 17.6. The number of likely N-dealkylation sites (tertiary alicyclic amines) is 1. The third-order valence-electron chi connectivity index (χ3n) is 5.32. The number of hydrogen-bond donors (Lipinski definition) is 2. The molecule has 1 aromatic rings. The number of rotatable bonds is 4. The van der Waals surface area contributed by atoms with Crippen LogP contribution in [0.15, 0.2) is 18.3 Å². The van der Waals surface area contributed by atoms with Crippen LogP contribution >= 0.6 is 0 Å². The average molecular weight is 344 g/mol. The van der Waals surface area contributed by atoms with Gasteiger partial charge in [0.25, 0.3) is 0 Å². The Morgan fingerprint density at radius 2 is 2.04 bits per heavy atom. The van der Waals surface area contributed by atoms with Gasteiger partial charge in [0.15, 0.2) is 0 Å². The van der Waals surface area contributed by atoms with E-state index in [2.05, 4.69) is 15.6 Å². The highest BCUT2D eigenvalue weighted by atomic mass is 16.2. The van der Waals surface area contributed by atoms with Crippen LogP contribution in [0.1, 0.15) is 49.8 Å². The van der Waals surface area contributed by atoms with E-state index in [0.717, 1.165) is 37.1 Å². The number of carbonyl (C=O) groups is 2. The van der Waals surface area contributed by atoms with Crippen LogP contribution in [0.2, 0.25) is 0 Å². The molecular weight excluding hydrogens is 316 g/mol. The molecule has 2 N–H and O–H groups in total. The Morgan fingerprint density at radius 3 is 2.80 bits per heavy atom. The highest BCUT2D eigenvalue weighted by Gasteiger charge is 2.32. The minimum atomic E-state index is -0.193. The summed E-state index contributed by atoms with van der Waals surface area (Å²) in [6, 6.07) is 3.71. The number of aromatic nitrogens is 1. The molecule has 0 aromatic carbocycles. The van der Waals surface area contributed by atoms with Crippen molar-refractivity contribution in [3.05, 3.63) is 29.6 Å². The molecule has 0 bridgehead atoms. The number of nitrogens with zero attached hydrogens (tertiary/aromatic N) is 2. The fourth-order valence-electron chi connectivity index (χ4n) is 3.79. The molecule has 3 rings (SSSR count). The van der Waals surface area contributed by atoms with E-state index in [0.29, 0.717) is 13.1 Å². The molecule has 1 aliphatic carbocycles. The van der Waals surface area contributed by atoms with Crippen LogP contribution in [0.25, 0.3) is 0 Å². The second kappa shape index (κ2) is 8.32. The standard InChI is InChI=1S/C19H28N4O2/c1-14-6-5-10-20-17(14)12-21-19(25)22-16-9-11-23(13-16)18(24)15-7-3-2-4-8-15/h5-6,10,15-16H,2-4,7-9,11-13H2,1H3,(H2,21,22,25)/t16-/m0/s1. The first-order chi connectivity index (χ1) is 12.1. The fourth-order valence-corrected chi connectivity index (χ4v) is 3.79. The van der Waals surface area contributed by atoms with Gasteiger partial charge < -0.3 is 15.5 Å². The molecule has 1 aromatic heterocycles. The van der Waals surface area contributed by atoms with E-state index >= 15 is 0 Å². The van der Waals surface area contributed by atoms with Gasteiger partial charge in [-0.2, -0.15) is 0 Å². The lowest BCUT2D eigenvalue weighted by Crippen LogP contribution is -2.44. The van der Waals surface area contributed by atoms with Crippen molar-refractivity contribution in [2.24, 2.45) is 5.92 Å². The van der Waals surface area contributed by atoms with Crippen molar-refractivity contribution in [3.63, 3.8) is 0 Å². The van der Waals surface area contributed by atoms with Gasteiger partial charge in [-0.1, -0.05) is 25.3 Å². The first-order valence-electron chi connectivity index (χ1n) is 9.37. The molecule has 1 saturated carbocycles. The Kier molecular flexibility index (Phi) is 5.89. The summed E-state index contributed by atoms with van der Waals surface area (Å²) < 4.78 is 0. The van der Waals surface area contributed by atoms with E-state index in [4.69, 9.17) is 0 Å². The van der Waals surface area contributed by atoms with E-state index in [9.17, 15) is 9.59 Å². The summed E-state index contributed by atoms with van der Waals surface area (Å²) in [6.45, 7) is 3.77. The Balaban J connectivity index is 1.42. The van der Waals surface area contributed by atoms with Crippen molar-refractivity contribution in [2.75, 3.05) is 13.1 Å². The topological polar surface area (TPSA) is 74.3 Å². The molecule has 6 heteroatoms. The van der Waals surface area contributed by atoms with Gasteiger partial charge in [0.1, 0.15) is 0 Å². The van der Waals surface area contributed by atoms with Crippen molar-refractivity contribution in [2.45, 2.75) is 58.0 Å². The SMILES string of the molecule is Cc1cccnc1CNC(=O)N[C@H]1CCN(C(=O)C2CCCCC2)C1. The predicted molar refractivity (Wildman–Crippen MR) is 95.9 cm³/mol. The lowest BCUT2D eigenvalue weighted by molar-refractivity contribution is -0.135. The van der Waals surface area contributed by atoms with E-state index in [-0.39, 0.29) is 23.9 Å². The number of hydrogen-bond acceptors (Lipinski definition) is 3. The lowest BCUT2D eigenvalue weighted by atomic mass is 9.88. The zero-order valence-corrected chi connectivity index (χ0v) is 15.0. The highest BCUT2D eigenvalue weighted by Crippen LogP contribution is 2.26. The first kappa shape index (κ1) is 17.7. The summed E-state index contributed by atoms with van der Waals surface area (Å²) in [5.74, 6) is 0.488. The normalized spacial score (nSPS) is 21.2. The molecule has 6 nitrogen and oxygen atoms in total. The number of urea groups is 1. The average Bonchev–Trinajstić information content (AvgIpc) is 3.09. The highest BCUT2D eigenvalue weighted by molar-refractivity contribution is 5.79. The van der Waals surface area contributed by atoms with E-state index in [1.807, 2.05) is 24.0 Å². The summed E-state index contributed by atoms with van der Waals surface area (Å²) in [7, 11) is 0. The van der Waals surface area contributed by atoms with Crippen LogP contribution in [0.5, 0.6) is 0 Å². The quantitative estimate of drug-likeness (QED) is 0.880. The van der Waals surface area contributed by atoms with Crippen LogP contribution in [-0.2, 0) is 11.3 Å². The largest absolute Gasteiger partial charge is 0.340 e. The molecule has 1 atom stereocenters. The number of carbonyl (C=O) groups excluding carboxylic acids is 2. The van der Waals surface area contributed by atoms with Crippen molar-refractivity contribution in [1.29, 1.82) is 0 Å². The number of aryl methyl sites for hydroxylation is 1. The van der Waals surface area contributed by atoms with E-state index in [1.165, 1.54) is 19.3 Å². The minimum Gasteiger partial charge on any atom is -0.340 e. The smallest absolute Gasteiger partial charge is 0.315 e. The molecule has 0 radical (unpaired) electrons. The van der Waals surface area contributed by atoms with Crippen molar-refractivity contribution >= 4 is 11.9 Å². The van der Waals surface area contributed by atoms with E-state index in [1.54, 1.807) is 6.20 Å². The van der Waals surface area contributed by atoms with Gasteiger partial charge in [-0.15, -0.1) is 0 Å². The zero-order valence-electron chi connectivity index (χ0n) is 15.0. The molecule has 0 spiro atoms. The van der Waals surface area contributed by atoms with Crippen molar-refractivity contribution in [1.82, 2.24) is 20.5 Å². The van der Waals surface area contributed by atoms with Gasteiger partial charge in [-0.05, 0) is 37.8 Å². The number of amides is 3. The van der Waals surface area contributed by atoms with Crippen LogP contribution < -0.4 is 10.6 Å². The second-order valence-electron chi connectivity index (χ2n) is 7.20. The summed E-state index contributed by atoms with van der Waals surface area (Å²) in [5, 5.41) is 5.84. The Labute approximate surface area is 149 Å². The van der Waals surface area contributed by atoms with Gasteiger partial charge >= 0.3 is 6.03 Å². The maximum Gasteiger partial charge on any atom is 0.315 e. The molecule has 2 fully saturated rings. The molecular formula is C19H28N4O2. The molecule has 136 valence electrons. The third-order valence-corrected chi connectivity index (χ3v) is 5.32. The van der Waals surface area contributed by atoms with Crippen LogP contribution in [-0.4, -0.2) is 41.0 Å². The minimum absolute atomic E-state index is 0.0392. The first-order valence-corrected chi connectivity index (χ1v) is 9.37. The van der Waals surface area contributed by atoms with Gasteiger partial charge in [0.05, 0.1) is 12.2 Å². The van der Waals surface area contributed by atoms with Crippen LogP contribution in [0, 0.1) is 12.8 Å². The maximum absolute atomic E-state index is 12.6. The molecule has 25 heavy (non-hydrogen) atoms. The predicted octanol–water partition coefficient (Wildman–Crippen LogP) is 2.37. The number of pyridine rings is 1. The maximum atomic E-state index is 12.6. The van der Waals surface area contributed by atoms with Gasteiger partial charge in [-0.25, -0.2) is 4.79 Å². The summed E-state index contributed by atoms with van der Waals surface area (Å²) in [5.41, 5.74) is 1.94. The summed E-state index contributed by atoms with van der Waals surface area (Å²) in [4.78, 5) is 30.9. The van der Waals surface area contributed by atoms with Crippen molar-refractivity contribution in [3.8, 4) is 0 Å². The van der Waals surface area contributed by atoms with Crippen LogP contribution in [0.4, 0.5) is 4.79 Å². The molecule has 2 aliphatic rings. The Morgan fingerprint density at radius 1 is 1.24 bits per heavy atom. The molecule has 1 saturated heterocycles. The number of nitrogens with one attached hydrogen (secondary N) is 2. The summed E-state index contributed by atoms with van der Waals surface area (Å²) in [6.07, 6.45) is 8.20. The Bertz CT molecular complexity index is 613. The lowest BCUT2D eigenvalue weighted by Gasteiger charge is -2.26. The van der Waals surface area contributed by atoms with Gasteiger partial charge in [0, 0.05) is 31.2 Å². The van der Waals surface area contributed by atoms with E-state index < -0.39 is 0 Å². The third kappa shape index (κ3) is 4.71.